The normalized spacial score (nSPS) is 9.12. The van der Waals surface area contributed by atoms with Gasteiger partial charge in [0.25, 0.3) is 0 Å². The lowest BCUT2D eigenvalue weighted by Gasteiger charge is -2.07. The summed E-state index contributed by atoms with van der Waals surface area (Å²) in [5.41, 5.74) is 7.02. The van der Waals surface area contributed by atoms with Gasteiger partial charge in [0.1, 0.15) is 5.75 Å². The van der Waals surface area contributed by atoms with Crippen LogP contribution in [0.15, 0.2) is 24.3 Å². The molecule has 0 bridgehead atoms. The third-order valence-corrected chi connectivity index (χ3v) is 1.75. The fourth-order valence-corrected chi connectivity index (χ4v) is 0.926. The van der Waals surface area contributed by atoms with Crippen molar-refractivity contribution in [2.24, 2.45) is 5.84 Å². The van der Waals surface area contributed by atoms with Gasteiger partial charge in [-0.2, -0.15) is 0 Å². The molecule has 1 aromatic rings. The first-order chi connectivity index (χ1) is 7.67. The maximum atomic E-state index is 11.0. The molecule has 0 atom stereocenters. The number of amides is 2. The van der Waals surface area contributed by atoms with Gasteiger partial charge < -0.3 is 4.74 Å². The van der Waals surface area contributed by atoms with Gasteiger partial charge in [-0.1, -0.05) is 0 Å². The number of hydrogen-bond donors (Lipinski definition) is 4. The van der Waals surface area contributed by atoms with Crippen molar-refractivity contribution >= 4 is 17.5 Å². The minimum Gasteiger partial charge on any atom is -0.497 e. The first-order valence-corrected chi connectivity index (χ1v) is 4.38. The Labute approximate surface area is 91.9 Å². The van der Waals surface area contributed by atoms with E-state index in [1.165, 1.54) is 0 Å². The van der Waals surface area contributed by atoms with Crippen LogP contribution >= 0.6 is 0 Å². The highest BCUT2D eigenvalue weighted by Crippen LogP contribution is 2.13. The molecule has 0 aliphatic carbocycles. The van der Waals surface area contributed by atoms with Crippen molar-refractivity contribution in [3.63, 3.8) is 0 Å². The predicted molar refractivity (Wildman–Crippen MR) is 57.1 cm³/mol. The van der Waals surface area contributed by atoms with Gasteiger partial charge in [-0.25, -0.2) is 5.84 Å². The number of methoxy groups -OCH3 is 1. The number of nitrogens with two attached hydrogens (primary N) is 1. The van der Waals surface area contributed by atoms with Gasteiger partial charge in [0.2, 0.25) is 0 Å². The predicted octanol–water partition coefficient (Wildman–Crippen LogP) is -0.872. The van der Waals surface area contributed by atoms with E-state index in [0.717, 1.165) is 0 Å². The number of carbonyl (C=O) groups excluding carboxylic acids is 2. The van der Waals surface area contributed by atoms with E-state index >= 15 is 0 Å². The Morgan fingerprint density at radius 1 is 1.19 bits per heavy atom. The Kier molecular flexibility index (Phi) is 4.10. The van der Waals surface area contributed by atoms with E-state index in [0.29, 0.717) is 11.4 Å². The van der Waals surface area contributed by atoms with Gasteiger partial charge in [0.05, 0.1) is 12.8 Å². The number of benzene rings is 1. The van der Waals surface area contributed by atoms with Crippen LogP contribution in [0.3, 0.4) is 0 Å². The van der Waals surface area contributed by atoms with Gasteiger partial charge in [0, 0.05) is 0 Å². The third-order valence-electron chi connectivity index (χ3n) is 1.75. The van der Waals surface area contributed by atoms with Crippen LogP contribution in [0.5, 0.6) is 5.75 Å². The summed E-state index contributed by atoms with van der Waals surface area (Å²) >= 11 is 0. The molecule has 0 fully saturated rings. The quantitative estimate of drug-likeness (QED) is 0.231. The molecule has 0 spiro atoms. The summed E-state index contributed by atoms with van der Waals surface area (Å²) < 4.78 is 4.95. The maximum absolute atomic E-state index is 11.0. The second-order valence-corrected chi connectivity index (χ2v) is 2.78. The number of nitrogens with one attached hydrogen (secondary N) is 3. The van der Waals surface area contributed by atoms with Crippen LogP contribution < -0.4 is 26.9 Å². The summed E-state index contributed by atoms with van der Waals surface area (Å²) in [6.45, 7) is 0. The molecular weight excluding hydrogens is 212 g/mol. The van der Waals surface area contributed by atoms with Crippen LogP contribution in [-0.2, 0) is 9.59 Å². The van der Waals surface area contributed by atoms with E-state index in [1.807, 2.05) is 0 Å². The number of carbonyl (C=O) groups is 2. The number of hydrazine groups is 2. The molecule has 1 aromatic carbocycles. The molecule has 7 heteroatoms. The van der Waals surface area contributed by atoms with Crippen molar-refractivity contribution in [3.8, 4) is 5.75 Å². The molecule has 0 aliphatic rings. The van der Waals surface area contributed by atoms with Crippen molar-refractivity contribution in [2.45, 2.75) is 0 Å². The first-order valence-electron chi connectivity index (χ1n) is 4.38. The monoisotopic (exact) mass is 224 g/mol. The molecule has 7 nitrogen and oxygen atoms in total. The van der Waals surface area contributed by atoms with Crippen molar-refractivity contribution in [3.05, 3.63) is 24.3 Å². The van der Waals surface area contributed by atoms with Crippen molar-refractivity contribution < 1.29 is 14.3 Å². The Balaban J connectivity index is 2.48. The zero-order valence-electron chi connectivity index (χ0n) is 8.61. The second-order valence-electron chi connectivity index (χ2n) is 2.78. The van der Waals surface area contributed by atoms with E-state index < -0.39 is 11.8 Å². The summed E-state index contributed by atoms with van der Waals surface area (Å²) in [6, 6.07) is 6.77. The minimum atomic E-state index is -0.930. The van der Waals surface area contributed by atoms with Gasteiger partial charge >= 0.3 is 11.8 Å². The van der Waals surface area contributed by atoms with E-state index in [4.69, 9.17) is 10.6 Å². The SMILES string of the molecule is COc1ccc(NNC(=O)C(=O)NN)cc1. The van der Waals surface area contributed by atoms with Crippen LogP contribution in [0.25, 0.3) is 0 Å². The Hall–Kier alpha value is -2.28. The standard InChI is InChI=1S/C9H12N4O3/c1-16-7-4-2-6(3-5-7)12-13-9(15)8(14)11-10/h2-5,12H,10H2,1H3,(H,11,14)(H,13,15). The maximum Gasteiger partial charge on any atom is 0.328 e. The zero-order chi connectivity index (χ0) is 12.0. The number of ether oxygens (including phenoxy) is 1. The van der Waals surface area contributed by atoms with Crippen LogP contribution in [0.2, 0.25) is 0 Å². The topological polar surface area (TPSA) is 105 Å². The molecule has 0 saturated carbocycles. The molecule has 2 amide bonds. The number of rotatable bonds is 3. The van der Waals surface area contributed by atoms with E-state index in [1.54, 1.807) is 36.8 Å². The summed E-state index contributed by atoms with van der Waals surface area (Å²) in [5.74, 6) is 3.66. The molecular formula is C9H12N4O3. The Morgan fingerprint density at radius 3 is 2.31 bits per heavy atom. The lowest BCUT2D eigenvalue weighted by molar-refractivity contribution is -0.138. The molecule has 16 heavy (non-hydrogen) atoms. The van der Waals surface area contributed by atoms with Crippen LogP contribution in [0, 0.1) is 0 Å². The van der Waals surface area contributed by atoms with Crippen molar-refractivity contribution in [1.82, 2.24) is 10.9 Å². The Morgan fingerprint density at radius 2 is 1.81 bits per heavy atom. The summed E-state index contributed by atoms with van der Waals surface area (Å²) in [7, 11) is 1.55. The molecule has 86 valence electrons. The number of anilines is 1. The molecule has 5 N–H and O–H groups in total. The Bertz CT molecular complexity index is 377. The molecule has 0 unspecified atom stereocenters. The molecule has 0 aromatic heterocycles. The largest absolute Gasteiger partial charge is 0.497 e. The lowest BCUT2D eigenvalue weighted by atomic mass is 10.3. The number of hydrogen-bond acceptors (Lipinski definition) is 5. The van der Waals surface area contributed by atoms with Crippen molar-refractivity contribution in [2.75, 3.05) is 12.5 Å². The lowest BCUT2D eigenvalue weighted by Crippen LogP contribution is -2.45. The molecule has 0 heterocycles. The van der Waals surface area contributed by atoms with E-state index in [9.17, 15) is 9.59 Å². The van der Waals surface area contributed by atoms with Gasteiger partial charge in [-0.05, 0) is 24.3 Å². The first kappa shape index (κ1) is 11.8. The smallest absolute Gasteiger partial charge is 0.328 e. The van der Waals surface area contributed by atoms with Crippen LogP contribution in [-0.4, -0.2) is 18.9 Å². The molecule has 0 saturated heterocycles. The average Bonchev–Trinajstić information content (AvgIpc) is 2.35. The summed E-state index contributed by atoms with van der Waals surface area (Å²) in [5, 5.41) is 0. The van der Waals surface area contributed by atoms with Crippen LogP contribution in [0.1, 0.15) is 0 Å². The average molecular weight is 224 g/mol. The second kappa shape index (κ2) is 5.56. The zero-order valence-corrected chi connectivity index (χ0v) is 8.61. The summed E-state index contributed by atoms with van der Waals surface area (Å²) in [4.78, 5) is 21.7. The fraction of sp³-hybridized carbons (Fsp3) is 0.111. The highest BCUT2D eigenvalue weighted by Gasteiger charge is 2.10. The van der Waals surface area contributed by atoms with Gasteiger partial charge in [0.15, 0.2) is 0 Å². The minimum absolute atomic E-state index is 0.610. The molecule has 0 aliphatic heterocycles. The van der Waals surface area contributed by atoms with E-state index in [-0.39, 0.29) is 0 Å². The van der Waals surface area contributed by atoms with Crippen molar-refractivity contribution in [1.29, 1.82) is 0 Å². The van der Waals surface area contributed by atoms with E-state index in [2.05, 4.69) is 10.9 Å². The molecule has 0 radical (unpaired) electrons. The molecule has 1 rings (SSSR count). The summed E-state index contributed by atoms with van der Waals surface area (Å²) in [6.07, 6.45) is 0. The van der Waals surface area contributed by atoms with Crippen LogP contribution in [0.4, 0.5) is 5.69 Å². The highest BCUT2D eigenvalue weighted by molar-refractivity contribution is 6.35. The third kappa shape index (κ3) is 3.14. The van der Waals surface area contributed by atoms with Gasteiger partial charge in [-0.15, -0.1) is 0 Å². The highest BCUT2D eigenvalue weighted by atomic mass is 16.5. The van der Waals surface area contributed by atoms with Gasteiger partial charge in [-0.3, -0.25) is 25.9 Å². The fourth-order valence-electron chi connectivity index (χ4n) is 0.926.